The van der Waals surface area contributed by atoms with Crippen molar-refractivity contribution in [2.75, 3.05) is 30.9 Å². The number of carbonyl (C=O) groups is 2. The molecule has 30 heavy (non-hydrogen) atoms. The third kappa shape index (κ3) is 6.24. The zero-order chi connectivity index (χ0) is 21.3. The van der Waals surface area contributed by atoms with E-state index in [9.17, 15) is 9.59 Å². The van der Waals surface area contributed by atoms with Gasteiger partial charge in [-0.15, -0.1) is 0 Å². The molecule has 1 heterocycles. The molecule has 0 aliphatic carbocycles. The van der Waals surface area contributed by atoms with E-state index in [0.717, 1.165) is 11.3 Å². The van der Waals surface area contributed by atoms with E-state index in [-0.39, 0.29) is 24.9 Å². The van der Waals surface area contributed by atoms with E-state index >= 15 is 0 Å². The molecule has 0 saturated carbocycles. The van der Waals surface area contributed by atoms with Gasteiger partial charge in [0, 0.05) is 31.9 Å². The van der Waals surface area contributed by atoms with Crippen LogP contribution in [0.1, 0.15) is 17.7 Å². The number of rotatable bonds is 9. The first-order valence-electron chi connectivity index (χ1n) is 9.92. The van der Waals surface area contributed by atoms with Gasteiger partial charge in [0.2, 0.25) is 11.8 Å². The number of para-hydroxylation sites is 1. The molecule has 0 bridgehead atoms. The quantitative estimate of drug-likeness (QED) is 0.586. The van der Waals surface area contributed by atoms with Gasteiger partial charge >= 0.3 is 0 Å². The molecule has 3 rings (SSSR count). The van der Waals surface area contributed by atoms with E-state index in [1.807, 2.05) is 73.6 Å². The fraction of sp³-hybridized carbons (Fsp3) is 0.250. The van der Waals surface area contributed by atoms with Crippen molar-refractivity contribution < 1.29 is 14.0 Å². The van der Waals surface area contributed by atoms with Crippen LogP contribution < -0.4 is 10.2 Å². The van der Waals surface area contributed by atoms with Gasteiger partial charge in [-0.25, -0.2) is 0 Å². The molecule has 2 aromatic carbocycles. The zero-order valence-electron chi connectivity index (χ0n) is 17.4. The molecule has 1 N–H and O–H groups in total. The number of nitrogens with zero attached hydrogens (tertiary/aromatic N) is 2. The molecule has 1 aromatic heterocycles. The number of anilines is 2. The van der Waals surface area contributed by atoms with E-state index in [2.05, 4.69) is 5.32 Å². The summed E-state index contributed by atoms with van der Waals surface area (Å²) in [6, 6.07) is 20.9. The first-order valence-corrected chi connectivity index (χ1v) is 9.92. The Morgan fingerprint density at radius 3 is 2.30 bits per heavy atom. The summed E-state index contributed by atoms with van der Waals surface area (Å²) in [6.07, 6.45) is 2.50. The van der Waals surface area contributed by atoms with Crippen molar-refractivity contribution in [3.8, 4) is 0 Å². The zero-order valence-corrected chi connectivity index (χ0v) is 17.4. The Morgan fingerprint density at radius 2 is 1.67 bits per heavy atom. The monoisotopic (exact) mass is 405 g/mol. The highest BCUT2D eigenvalue weighted by molar-refractivity contribution is 5.94. The lowest BCUT2D eigenvalue weighted by Gasteiger charge is -2.21. The van der Waals surface area contributed by atoms with E-state index < -0.39 is 0 Å². The number of hydrogen-bond donors (Lipinski definition) is 1. The Kier molecular flexibility index (Phi) is 7.27. The van der Waals surface area contributed by atoms with Crippen LogP contribution in [0.15, 0.2) is 77.4 Å². The summed E-state index contributed by atoms with van der Waals surface area (Å²) in [4.78, 5) is 29.0. The molecule has 0 radical (unpaired) electrons. The number of hydrogen-bond acceptors (Lipinski definition) is 4. The highest BCUT2D eigenvalue weighted by atomic mass is 16.3. The van der Waals surface area contributed by atoms with Crippen molar-refractivity contribution in [1.82, 2.24) is 4.90 Å². The normalized spacial score (nSPS) is 10.5. The number of carbonyl (C=O) groups excluding carboxylic acids is 2. The summed E-state index contributed by atoms with van der Waals surface area (Å²) in [6.45, 7) is 0.224. The largest absolute Gasteiger partial charge is 0.467 e. The van der Waals surface area contributed by atoms with Crippen molar-refractivity contribution in [3.63, 3.8) is 0 Å². The minimum absolute atomic E-state index is 0.0337. The van der Waals surface area contributed by atoms with Gasteiger partial charge in [-0.3, -0.25) is 9.59 Å². The molecule has 6 heteroatoms. The number of aryl methyl sites for hydroxylation is 1. The Morgan fingerprint density at radius 1 is 0.933 bits per heavy atom. The van der Waals surface area contributed by atoms with E-state index in [1.165, 1.54) is 4.90 Å². The van der Waals surface area contributed by atoms with Crippen molar-refractivity contribution >= 4 is 23.2 Å². The molecule has 2 amide bonds. The van der Waals surface area contributed by atoms with Crippen LogP contribution in [0.5, 0.6) is 0 Å². The fourth-order valence-corrected chi connectivity index (χ4v) is 3.09. The first-order chi connectivity index (χ1) is 14.5. The smallest absolute Gasteiger partial charge is 0.244 e. The maximum atomic E-state index is 12.9. The summed E-state index contributed by atoms with van der Waals surface area (Å²) < 4.78 is 5.38. The van der Waals surface area contributed by atoms with Crippen molar-refractivity contribution in [2.24, 2.45) is 0 Å². The second kappa shape index (κ2) is 10.3. The molecule has 3 aromatic rings. The molecule has 0 atom stereocenters. The topological polar surface area (TPSA) is 65.8 Å². The first kappa shape index (κ1) is 21.2. The Balaban J connectivity index is 1.61. The van der Waals surface area contributed by atoms with Crippen LogP contribution in [0.25, 0.3) is 0 Å². The molecule has 156 valence electrons. The van der Waals surface area contributed by atoms with Gasteiger partial charge in [-0.1, -0.05) is 30.3 Å². The predicted octanol–water partition coefficient (Wildman–Crippen LogP) is 3.95. The molecule has 0 spiro atoms. The third-order valence-electron chi connectivity index (χ3n) is 4.75. The molecule has 0 fully saturated rings. The lowest BCUT2D eigenvalue weighted by Crippen LogP contribution is -2.37. The maximum Gasteiger partial charge on any atom is 0.244 e. The van der Waals surface area contributed by atoms with E-state index in [4.69, 9.17) is 4.42 Å². The number of nitrogens with one attached hydrogen (secondary N) is 1. The summed E-state index contributed by atoms with van der Waals surface area (Å²) in [7, 11) is 3.98. The van der Waals surface area contributed by atoms with Crippen LogP contribution in [0.2, 0.25) is 0 Å². The van der Waals surface area contributed by atoms with Gasteiger partial charge in [-0.05, 0) is 48.4 Å². The average molecular weight is 405 g/mol. The predicted molar refractivity (Wildman–Crippen MR) is 118 cm³/mol. The molecular formula is C24H27N3O3. The summed E-state index contributed by atoms with van der Waals surface area (Å²) in [5.41, 5.74) is 2.90. The fourth-order valence-electron chi connectivity index (χ4n) is 3.09. The number of benzene rings is 2. The van der Waals surface area contributed by atoms with Crippen LogP contribution in [-0.2, 0) is 22.6 Å². The molecule has 6 nitrogen and oxygen atoms in total. The Labute approximate surface area is 177 Å². The second-order valence-electron chi connectivity index (χ2n) is 7.30. The van der Waals surface area contributed by atoms with Gasteiger partial charge in [0.25, 0.3) is 0 Å². The van der Waals surface area contributed by atoms with Crippen LogP contribution >= 0.6 is 0 Å². The van der Waals surface area contributed by atoms with Crippen LogP contribution in [0.4, 0.5) is 11.4 Å². The minimum Gasteiger partial charge on any atom is -0.467 e. The molecule has 0 aliphatic rings. The maximum absolute atomic E-state index is 12.9. The van der Waals surface area contributed by atoms with Crippen LogP contribution in [0, 0.1) is 0 Å². The van der Waals surface area contributed by atoms with Gasteiger partial charge in [-0.2, -0.15) is 0 Å². The lowest BCUT2D eigenvalue weighted by atomic mass is 10.1. The molecule has 0 unspecified atom stereocenters. The lowest BCUT2D eigenvalue weighted by molar-refractivity contribution is -0.135. The average Bonchev–Trinajstić information content (AvgIpc) is 3.25. The van der Waals surface area contributed by atoms with Gasteiger partial charge in [0.15, 0.2) is 0 Å². The highest BCUT2D eigenvalue weighted by Gasteiger charge is 2.19. The van der Waals surface area contributed by atoms with Crippen molar-refractivity contribution in [2.45, 2.75) is 19.4 Å². The highest BCUT2D eigenvalue weighted by Crippen LogP contribution is 2.15. The SMILES string of the molecule is CN(C)c1ccc(CCC(=O)N(CC(=O)Nc2ccccc2)Cc2ccco2)cc1. The Hall–Kier alpha value is -3.54. The number of furan rings is 1. The molecule has 0 saturated heterocycles. The molecule has 0 aliphatic heterocycles. The van der Waals surface area contributed by atoms with Gasteiger partial charge in [0.05, 0.1) is 12.8 Å². The van der Waals surface area contributed by atoms with Crippen molar-refractivity contribution in [1.29, 1.82) is 0 Å². The standard InChI is InChI=1S/C24H27N3O3/c1-26(2)21-13-10-19(11-14-21)12-15-24(29)27(17-22-9-6-16-30-22)18-23(28)25-20-7-4-3-5-8-20/h3-11,13-14,16H,12,15,17-18H2,1-2H3,(H,25,28). The Bertz CT molecular complexity index is 936. The van der Waals surface area contributed by atoms with Crippen LogP contribution in [0.3, 0.4) is 0 Å². The number of amides is 2. The van der Waals surface area contributed by atoms with Gasteiger partial charge < -0.3 is 19.5 Å². The summed E-state index contributed by atoms with van der Waals surface area (Å²) in [5, 5.41) is 2.83. The van der Waals surface area contributed by atoms with Gasteiger partial charge in [0.1, 0.15) is 12.3 Å². The van der Waals surface area contributed by atoms with Crippen molar-refractivity contribution in [3.05, 3.63) is 84.3 Å². The minimum atomic E-state index is -0.239. The van der Waals surface area contributed by atoms with E-state index in [1.54, 1.807) is 18.4 Å². The second-order valence-corrected chi connectivity index (χ2v) is 7.30. The van der Waals surface area contributed by atoms with E-state index in [0.29, 0.717) is 24.3 Å². The summed E-state index contributed by atoms with van der Waals surface area (Å²) in [5.74, 6) is 0.314. The summed E-state index contributed by atoms with van der Waals surface area (Å²) >= 11 is 0. The third-order valence-corrected chi connectivity index (χ3v) is 4.75. The molecular weight excluding hydrogens is 378 g/mol. The van der Waals surface area contributed by atoms with Crippen LogP contribution in [-0.4, -0.2) is 37.4 Å².